The molecule has 0 saturated carbocycles. The molecule has 1 N–H and O–H groups in total. The zero-order valence-electron chi connectivity index (χ0n) is 39.8. The minimum Gasteiger partial charge on any atom is -0.465 e. The van der Waals surface area contributed by atoms with Gasteiger partial charge in [-0.15, -0.1) is 0 Å². The molecule has 0 radical (unpaired) electrons. The summed E-state index contributed by atoms with van der Waals surface area (Å²) in [6, 6.07) is 0. The molecule has 2 atom stereocenters. The van der Waals surface area contributed by atoms with Gasteiger partial charge in [0, 0.05) is 19.4 Å². The molecule has 0 fully saturated rings. The molecule has 0 aliphatic heterocycles. The molecule has 6 nitrogen and oxygen atoms in total. The molecule has 346 valence electrons. The molecule has 0 aliphatic carbocycles. The van der Waals surface area contributed by atoms with Crippen molar-refractivity contribution in [3.05, 3.63) is 0 Å². The second kappa shape index (κ2) is 46.9. The summed E-state index contributed by atoms with van der Waals surface area (Å²) in [5, 5.41) is 9.33. The lowest BCUT2D eigenvalue weighted by molar-refractivity contribution is -0.146. The van der Waals surface area contributed by atoms with Gasteiger partial charge in [-0.2, -0.15) is 0 Å². The van der Waals surface area contributed by atoms with Gasteiger partial charge in [0.1, 0.15) is 0 Å². The van der Waals surface area contributed by atoms with Crippen molar-refractivity contribution >= 4 is 11.9 Å². The Morgan fingerprint density at radius 3 is 1.00 bits per heavy atom. The van der Waals surface area contributed by atoms with E-state index in [0.717, 1.165) is 58.2 Å². The monoisotopic (exact) mass is 822 g/mol. The van der Waals surface area contributed by atoms with E-state index < -0.39 is 0 Å². The first-order chi connectivity index (χ1) is 28.5. The topological polar surface area (TPSA) is 76.1 Å². The van der Waals surface area contributed by atoms with Crippen LogP contribution in [0.2, 0.25) is 0 Å². The van der Waals surface area contributed by atoms with Crippen molar-refractivity contribution in [3.8, 4) is 0 Å². The predicted octanol–water partition coefficient (Wildman–Crippen LogP) is 15.5. The van der Waals surface area contributed by atoms with E-state index >= 15 is 0 Å². The predicted molar refractivity (Wildman–Crippen MR) is 251 cm³/mol. The summed E-state index contributed by atoms with van der Waals surface area (Å²) >= 11 is 0. The van der Waals surface area contributed by atoms with Crippen LogP contribution in [0, 0.1) is 11.8 Å². The van der Waals surface area contributed by atoms with Gasteiger partial charge >= 0.3 is 11.9 Å². The number of unbranched alkanes of at least 4 members (excludes halogenated alkanes) is 25. The summed E-state index contributed by atoms with van der Waals surface area (Å²) in [6.07, 6.45) is 45.3. The van der Waals surface area contributed by atoms with Gasteiger partial charge in [-0.25, -0.2) is 0 Å². The zero-order valence-corrected chi connectivity index (χ0v) is 39.8. The first kappa shape index (κ1) is 56.9. The zero-order chi connectivity index (χ0) is 42.4. The number of aliphatic hydroxyl groups excluding tert-OH is 1. The van der Waals surface area contributed by atoms with Crippen LogP contribution >= 0.6 is 0 Å². The van der Waals surface area contributed by atoms with Crippen LogP contribution in [0.3, 0.4) is 0 Å². The quantitative estimate of drug-likeness (QED) is 0.0487. The Bertz CT molecular complexity index is 775. The average molecular weight is 822 g/mol. The van der Waals surface area contributed by atoms with Crippen molar-refractivity contribution in [2.24, 2.45) is 11.8 Å². The molecule has 0 spiro atoms. The lowest BCUT2D eigenvalue weighted by Gasteiger charge is -2.22. The third-order valence-corrected chi connectivity index (χ3v) is 12.4. The Hall–Kier alpha value is -1.14. The number of rotatable bonds is 48. The molecule has 6 heteroatoms. The Morgan fingerprint density at radius 2 is 0.655 bits per heavy atom. The highest BCUT2D eigenvalue weighted by atomic mass is 16.5. The highest BCUT2D eigenvalue weighted by Gasteiger charge is 2.14. The maximum absolute atomic E-state index is 12.6. The van der Waals surface area contributed by atoms with Gasteiger partial charge in [-0.05, 0) is 95.7 Å². The number of hydrogen-bond donors (Lipinski definition) is 1. The molecule has 0 saturated heterocycles. The van der Waals surface area contributed by atoms with Gasteiger partial charge < -0.3 is 19.5 Å². The highest BCUT2D eigenvalue weighted by Crippen LogP contribution is 2.22. The van der Waals surface area contributed by atoms with Crippen molar-refractivity contribution in [1.82, 2.24) is 4.90 Å². The first-order valence-corrected chi connectivity index (χ1v) is 26.1. The van der Waals surface area contributed by atoms with Gasteiger partial charge in [-0.1, -0.05) is 195 Å². The maximum Gasteiger partial charge on any atom is 0.305 e. The van der Waals surface area contributed by atoms with Gasteiger partial charge in [0.15, 0.2) is 0 Å². The third-order valence-electron chi connectivity index (χ3n) is 12.4. The Balaban J connectivity index is 4.22. The Labute approximate surface area is 362 Å². The first-order valence-electron chi connectivity index (χ1n) is 26.1. The van der Waals surface area contributed by atoms with Gasteiger partial charge in [0.05, 0.1) is 13.2 Å². The van der Waals surface area contributed by atoms with E-state index in [1.54, 1.807) is 0 Å². The number of hydrogen-bond acceptors (Lipinski definition) is 6. The molecule has 0 heterocycles. The van der Waals surface area contributed by atoms with Gasteiger partial charge in [-0.3, -0.25) is 9.59 Å². The number of nitrogens with zero attached hydrogens (tertiary/aromatic N) is 1. The molecule has 0 aromatic rings. The largest absolute Gasteiger partial charge is 0.465 e. The molecular weight excluding hydrogens is 719 g/mol. The van der Waals surface area contributed by atoms with Crippen molar-refractivity contribution in [1.29, 1.82) is 0 Å². The smallest absolute Gasteiger partial charge is 0.305 e. The minimum absolute atomic E-state index is 0.00668. The second-order valence-corrected chi connectivity index (χ2v) is 18.2. The lowest BCUT2D eigenvalue weighted by Crippen LogP contribution is -2.27. The number of esters is 2. The van der Waals surface area contributed by atoms with Crippen LogP contribution in [0.15, 0.2) is 0 Å². The van der Waals surface area contributed by atoms with E-state index in [9.17, 15) is 14.7 Å². The average Bonchev–Trinajstić information content (AvgIpc) is 3.22. The van der Waals surface area contributed by atoms with Crippen molar-refractivity contribution in [2.45, 2.75) is 272 Å². The van der Waals surface area contributed by atoms with E-state index in [4.69, 9.17) is 9.47 Å². The maximum atomic E-state index is 12.6. The number of aliphatic hydroxyl groups is 1. The fourth-order valence-corrected chi connectivity index (χ4v) is 8.39. The number of carbonyl (C=O) groups excluding carboxylic acids is 2. The molecule has 0 aromatic carbocycles. The highest BCUT2D eigenvalue weighted by molar-refractivity contribution is 5.69. The lowest BCUT2D eigenvalue weighted by atomic mass is 9.95. The summed E-state index contributed by atoms with van der Waals surface area (Å²) in [7, 11) is 0. The summed E-state index contributed by atoms with van der Waals surface area (Å²) in [5.74, 6) is 1.09. The standard InChI is InChI=1S/C52H103NO5/c1-5-9-13-17-21-29-39-49(37-27-15-11-7-3)47-57-51(55)41-31-23-19-25-33-43-53(45-35-36-46-54)44-34-26-20-24-32-42-52(56)58-48-50(38-28-16-12-8-4)40-30-22-18-14-10-6-2/h49-50,54H,5-48H2,1-4H3. The van der Waals surface area contributed by atoms with E-state index in [1.807, 2.05) is 0 Å². The van der Waals surface area contributed by atoms with E-state index in [1.165, 1.54) is 193 Å². The SMILES string of the molecule is CCCCCCCCC(CCCCCC)COC(=O)CCCCCCCN(CCCCO)CCCCCCCC(=O)OCC(CCCCCC)CCCCCCCC. The summed E-state index contributed by atoms with van der Waals surface area (Å²) in [5.41, 5.74) is 0. The number of ether oxygens (including phenoxy) is 2. The van der Waals surface area contributed by atoms with E-state index in [-0.39, 0.29) is 18.5 Å². The molecule has 0 aromatic heterocycles. The second-order valence-electron chi connectivity index (χ2n) is 18.2. The Kier molecular flexibility index (Phi) is 46.0. The molecule has 58 heavy (non-hydrogen) atoms. The van der Waals surface area contributed by atoms with Gasteiger partial charge in [0.2, 0.25) is 0 Å². The summed E-state index contributed by atoms with van der Waals surface area (Å²) < 4.78 is 11.6. The van der Waals surface area contributed by atoms with Crippen LogP contribution in [0.25, 0.3) is 0 Å². The minimum atomic E-state index is 0.00668. The fourth-order valence-electron chi connectivity index (χ4n) is 8.39. The van der Waals surface area contributed by atoms with Crippen LogP contribution < -0.4 is 0 Å². The van der Waals surface area contributed by atoms with Crippen LogP contribution in [-0.4, -0.2) is 61.4 Å². The molecule has 2 unspecified atom stereocenters. The van der Waals surface area contributed by atoms with E-state index in [0.29, 0.717) is 37.9 Å². The molecular formula is C52H103NO5. The molecule has 0 aliphatic rings. The number of carbonyl (C=O) groups is 2. The molecule has 0 amide bonds. The van der Waals surface area contributed by atoms with Crippen LogP contribution in [0.4, 0.5) is 0 Å². The van der Waals surface area contributed by atoms with Crippen molar-refractivity contribution in [3.63, 3.8) is 0 Å². The van der Waals surface area contributed by atoms with Crippen LogP contribution in [0.1, 0.15) is 272 Å². The Morgan fingerprint density at radius 1 is 0.379 bits per heavy atom. The van der Waals surface area contributed by atoms with Crippen LogP contribution in [-0.2, 0) is 19.1 Å². The summed E-state index contributed by atoms with van der Waals surface area (Å²) in [6.45, 7) is 13.9. The van der Waals surface area contributed by atoms with Crippen molar-refractivity contribution in [2.75, 3.05) is 39.5 Å². The van der Waals surface area contributed by atoms with Crippen LogP contribution in [0.5, 0.6) is 0 Å². The van der Waals surface area contributed by atoms with E-state index in [2.05, 4.69) is 32.6 Å². The molecule has 0 bridgehead atoms. The fraction of sp³-hybridized carbons (Fsp3) is 0.962. The molecule has 0 rings (SSSR count). The van der Waals surface area contributed by atoms with Crippen molar-refractivity contribution < 1.29 is 24.2 Å². The third kappa shape index (κ3) is 41.6. The normalized spacial score (nSPS) is 12.7. The summed E-state index contributed by atoms with van der Waals surface area (Å²) in [4.78, 5) is 27.7. The van der Waals surface area contributed by atoms with Gasteiger partial charge in [0.25, 0.3) is 0 Å².